The molecule has 0 spiro atoms. The zero-order valence-corrected chi connectivity index (χ0v) is 13.5. The molecule has 1 aromatic carbocycles. The van der Waals surface area contributed by atoms with Crippen LogP contribution in [0.1, 0.15) is 31.9 Å². The second-order valence-corrected chi connectivity index (χ2v) is 6.12. The number of rotatable bonds is 6. The quantitative estimate of drug-likeness (QED) is 0.869. The maximum absolute atomic E-state index is 14.1. The highest BCUT2D eigenvalue weighted by Crippen LogP contribution is 2.19. The largest absolute Gasteiger partial charge is 0.309 e. The van der Waals surface area contributed by atoms with Crippen LogP contribution < -0.4 is 5.32 Å². The van der Waals surface area contributed by atoms with Crippen molar-refractivity contribution in [2.24, 2.45) is 0 Å². The lowest BCUT2D eigenvalue weighted by Gasteiger charge is -2.39. The summed E-state index contributed by atoms with van der Waals surface area (Å²) in [4.78, 5) is 4.83. The first-order chi connectivity index (χ1) is 10.1. The number of nitrogens with one attached hydrogen (secondary N) is 1. The third-order valence-electron chi connectivity index (χ3n) is 4.41. The van der Waals surface area contributed by atoms with Crippen molar-refractivity contribution in [3.8, 4) is 0 Å². The molecule has 118 valence electrons. The Morgan fingerprint density at radius 1 is 1.33 bits per heavy atom. The first kappa shape index (κ1) is 16.4. The van der Waals surface area contributed by atoms with Gasteiger partial charge in [-0.2, -0.15) is 0 Å². The minimum absolute atomic E-state index is 0.0711. The summed E-state index contributed by atoms with van der Waals surface area (Å²) in [6.45, 7) is 9.38. The second kappa shape index (κ2) is 7.87. The number of piperazine rings is 1. The predicted octanol–water partition coefficient (Wildman–Crippen LogP) is 2.50. The van der Waals surface area contributed by atoms with Crippen LogP contribution in [0.25, 0.3) is 0 Å². The lowest BCUT2D eigenvalue weighted by Crippen LogP contribution is -2.51. The second-order valence-electron chi connectivity index (χ2n) is 6.12. The van der Waals surface area contributed by atoms with Gasteiger partial charge >= 0.3 is 0 Å². The van der Waals surface area contributed by atoms with E-state index in [2.05, 4.69) is 36.0 Å². The number of nitrogens with zero attached hydrogens (tertiary/aromatic N) is 2. The third-order valence-corrected chi connectivity index (χ3v) is 4.41. The first-order valence-electron chi connectivity index (χ1n) is 8.02. The van der Waals surface area contributed by atoms with E-state index in [1.54, 1.807) is 12.1 Å². The highest BCUT2D eigenvalue weighted by Gasteiger charge is 2.24. The van der Waals surface area contributed by atoms with Gasteiger partial charge in [0.25, 0.3) is 0 Å². The summed E-state index contributed by atoms with van der Waals surface area (Å²) in [5, 5.41) is 3.50. The van der Waals surface area contributed by atoms with Gasteiger partial charge in [0.1, 0.15) is 5.82 Å². The van der Waals surface area contributed by atoms with Gasteiger partial charge < -0.3 is 10.2 Å². The highest BCUT2D eigenvalue weighted by molar-refractivity contribution is 5.21. The van der Waals surface area contributed by atoms with Crippen molar-refractivity contribution >= 4 is 0 Å². The highest BCUT2D eigenvalue weighted by atomic mass is 19.1. The average Bonchev–Trinajstić information content (AvgIpc) is 2.48. The molecule has 2 rings (SSSR count). The average molecular weight is 293 g/mol. The third kappa shape index (κ3) is 4.50. The SMILES string of the molecule is CCCNC(CN1CCN(C)C(C)C1)c1ccccc1F. The lowest BCUT2D eigenvalue weighted by molar-refractivity contribution is 0.0965. The van der Waals surface area contributed by atoms with Crippen LogP contribution in [0.2, 0.25) is 0 Å². The van der Waals surface area contributed by atoms with E-state index in [-0.39, 0.29) is 11.9 Å². The van der Waals surface area contributed by atoms with Crippen molar-refractivity contribution in [2.45, 2.75) is 32.4 Å². The van der Waals surface area contributed by atoms with Gasteiger partial charge in [0, 0.05) is 43.8 Å². The summed E-state index contributed by atoms with van der Waals surface area (Å²) in [6.07, 6.45) is 1.06. The van der Waals surface area contributed by atoms with Crippen LogP contribution in [-0.2, 0) is 0 Å². The molecule has 0 amide bonds. The molecule has 4 heteroatoms. The predicted molar refractivity (Wildman–Crippen MR) is 86.0 cm³/mol. The normalized spacial score (nSPS) is 22.4. The van der Waals surface area contributed by atoms with Crippen molar-refractivity contribution in [1.29, 1.82) is 0 Å². The van der Waals surface area contributed by atoms with E-state index in [0.717, 1.165) is 44.7 Å². The summed E-state index contributed by atoms with van der Waals surface area (Å²) in [6, 6.07) is 7.78. The van der Waals surface area contributed by atoms with Crippen molar-refractivity contribution < 1.29 is 4.39 Å². The molecule has 1 aliphatic rings. The Kier molecular flexibility index (Phi) is 6.15. The molecular formula is C17H28FN3. The monoisotopic (exact) mass is 293 g/mol. The molecule has 1 N–H and O–H groups in total. The number of hydrogen-bond donors (Lipinski definition) is 1. The minimum atomic E-state index is -0.103. The van der Waals surface area contributed by atoms with E-state index < -0.39 is 0 Å². The molecule has 0 radical (unpaired) electrons. The molecule has 2 unspecified atom stereocenters. The Balaban J connectivity index is 2.05. The van der Waals surface area contributed by atoms with Gasteiger partial charge in [0.05, 0.1) is 0 Å². The van der Waals surface area contributed by atoms with E-state index in [1.165, 1.54) is 0 Å². The molecule has 1 fully saturated rings. The molecule has 0 bridgehead atoms. The van der Waals surface area contributed by atoms with Gasteiger partial charge in [0.2, 0.25) is 0 Å². The standard InChI is InChI=1S/C17H28FN3/c1-4-9-19-17(15-7-5-6-8-16(15)18)13-21-11-10-20(3)14(2)12-21/h5-8,14,17,19H,4,9-13H2,1-3H3. The number of halogens is 1. The van der Waals surface area contributed by atoms with E-state index >= 15 is 0 Å². The topological polar surface area (TPSA) is 18.5 Å². The van der Waals surface area contributed by atoms with Crippen LogP contribution in [0, 0.1) is 5.82 Å². The zero-order chi connectivity index (χ0) is 15.2. The minimum Gasteiger partial charge on any atom is -0.309 e. The molecule has 0 aromatic heterocycles. The van der Waals surface area contributed by atoms with Crippen LogP contribution in [0.4, 0.5) is 4.39 Å². The summed E-state index contributed by atoms with van der Waals surface area (Å²) >= 11 is 0. The van der Waals surface area contributed by atoms with Crippen LogP contribution in [0.3, 0.4) is 0 Å². The van der Waals surface area contributed by atoms with Gasteiger partial charge in [-0.1, -0.05) is 25.1 Å². The summed E-state index contributed by atoms with van der Waals surface area (Å²) in [5.74, 6) is -0.103. The van der Waals surface area contributed by atoms with Gasteiger partial charge in [0.15, 0.2) is 0 Å². The van der Waals surface area contributed by atoms with E-state index in [0.29, 0.717) is 6.04 Å². The summed E-state index contributed by atoms with van der Waals surface area (Å²) in [5.41, 5.74) is 0.789. The molecule has 1 aromatic rings. The van der Waals surface area contributed by atoms with Gasteiger partial charge in [-0.15, -0.1) is 0 Å². The Hall–Kier alpha value is -0.970. The van der Waals surface area contributed by atoms with Crippen molar-refractivity contribution in [3.05, 3.63) is 35.6 Å². The molecule has 1 heterocycles. The molecule has 2 atom stereocenters. The van der Waals surface area contributed by atoms with Crippen molar-refractivity contribution in [3.63, 3.8) is 0 Å². The molecule has 3 nitrogen and oxygen atoms in total. The van der Waals surface area contributed by atoms with Gasteiger partial charge in [-0.3, -0.25) is 4.90 Å². The number of benzene rings is 1. The zero-order valence-electron chi connectivity index (χ0n) is 13.5. The molecule has 21 heavy (non-hydrogen) atoms. The van der Waals surface area contributed by atoms with E-state index in [1.807, 2.05) is 12.1 Å². The molecule has 0 aliphatic carbocycles. The number of hydrogen-bond acceptors (Lipinski definition) is 3. The molecule has 1 saturated heterocycles. The Labute approximate surface area is 128 Å². The maximum atomic E-state index is 14.1. The van der Waals surface area contributed by atoms with Crippen LogP contribution >= 0.6 is 0 Å². The fourth-order valence-electron chi connectivity index (χ4n) is 2.90. The van der Waals surface area contributed by atoms with Gasteiger partial charge in [-0.05, 0) is 33.0 Å². The first-order valence-corrected chi connectivity index (χ1v) is 8.02. The fraction of sp³-hybridized carbons (Fsp3) is 0.647. The Bertz CT molecular complexity index is 438. The van der Waals surface area contributed by atoms with Crippen molar-refractivity contribution in [1.82, 2.24) is 15.1 Å². The Morgan fingerprint density at radius 2 is 2.10 bits per heavy atom. The van der Waals surface area contributed by atoms with Gasteiger partial charge in [-0.25, -0.2) is 4.39 Å². The number of likely N-dealkylation sites (N-methyl/N-ethyl adjacent to an activating group) is 1. The summed E-state index contributed by atoms with van der Waals surface area (Å²) in [7, 11) is 2.17. The van der Waals surface area contributed by atoms with Crippen molar-refractivity contribution in [2.75, 3.05) is 39.8 Å². The summed E-state index contributed by atoms with van der Waals surface area (Å²) < 4.78 is 14.1. The van der Waals surface area contributed by atoms with E-state index in [9.17, 15) is 4.39 Å². The smallest absolute Gasteiger partial charge is 0.128 e. The fourth-order valence-corrected chi connectivity index (χ4v) is 2.90. The van der Waals surface area contributed by atoms with Crippen LogP contribution in [-0.4, -0.2) is 55.6 Å². The maximum Gasteiger partial charge on any atom is 0.128 e. The molecule has 0 saturated carbocycles. The van der Waals surface area contributed by atoms with E-state index in [4.69, 9.17) is 0 Å². The lowest BCUT2D eigenvalue weighted by atomic mass is 10.0. The molecular weight excluding hydrogens is 265 g/mol. The van der Waals surface area contributed by atoms with Crippen LogP contribution in [0.15, 0.2) is 24.3 Å². The Morgan fingerprint density at radius 3 is 2.76 bits per heavy atom. The van der Waals surface area contributed by atoms with Crippen LogP contribution in [0.5, 0.6) is 0 Å². The molecule has 1 aliphatic heterocycles.